The predicted octanol–water partition coefficient (Wildman–Crippen LogP) is 2.42. The van der Waals surface area contributed by atoms with Crippen molar-refractivity contribution >= 4 is 0 Å². The molecule has 0 N–H and O–H groups in total. The van der Waals surface area contributed by atoms with E-state index in [4.69, 9.17) is 4.52 Å². The average Bonchev–Trinajstić information content (AvgIpc) is 2.99. The van der Waals surface area contributed by atoms with Gasteiger partial charge in [0.25, 0.3) is 0 Å². The highest BCUT2D eigenvalue weighted by atomic mass is 16.5. The minimum Gasteiger partial charge on any atom is -0.361 e. The average molecular weight is 258 g/mol. The number of rotatable bonds is 3. The summed E-state index contributed by atoms with van der Waals surface area (Å²) in [4.78, 5) is 11.3. The molecule has 1 aliphatic rings. The second kappa shape index (κ2) is 5.09. The Bertz CT molecular complexity index is 566. The van der Waals surface area contributed by atoms with Gasteiger partial charge in [0.05, 0.1) is 23.1 Å². The Kier molecular flexibility index (Phi) is 3.29. The van der Waals surface area contributed by atoms with Crippen LogP contribution in [0.5, 0.6) is 0 Å². The van der Waals surface area contributed by atoms with Crippen LogP contribution in [0.1, 0.15) is 41.7 Å². The van der Waals surface area contributed by atoms with E-state index in [1.807, 2.05) is 26.1 Å². The largest absolute Gasteiger partial charge is 0.361 e. The SMILES string of the molecule is Cc1cncc(C2CCCN2Cc2cc(C)on2)n1. The van der Waals surface area contributed by atoms with Gasteiger partial charge in [0.2, 0.25) is 0 Å². The molecule has 0 aliphatic carbocycles. The summed E-state index contributed by atoms with van der Waals surface area (Å²) in [5.74, 6) is 0.862. The topological polar surface area (TPSA) is 55.1 Å². The van der Waals surface area contributed by atoms with E-state index < -0.39 is 0 Å². The van der Waals surface area contributed by atoms with Crippen molar-refractivity contribution in [2.75, 3.05) is 6.54 Å². The number of aryl methyl sites for hydroxylation is 2. The van der Waals surface area contributed by atoms with E-state index >= 15 is 0 Å². The highest BCUT2D eigenvalue weighted by molar-refractivity contribution is 5.10. The van der Waals surface area contributed by atoms with Gasteiger partial charge in [0, 0.05) is 25.0 Å². The Morgan fingerprint density at radius 3 is 3.00 bits per heavy atom. The number of likely N-dealkylation sites (tertiary alicyclic amines) is 1. The molecular weight excluding hydrogens is 240 g/mol. The summed E-state index contributed by atoms with van der Waals surface area (Å²) in [5.41, 5.74) is 3.03. The van der Waals surface area contributed by atoms with Gasteiger partial charge in [-0.15, -0.1) is 0 Å². The lowest BCUT2D eigenvalue weighted by Crippen LogP contribution is -2.23. The number of hydrogen-bond acceptors (Lipinski definition) is 5. The van der Waals surface area contributed by atoms with Crippen LogP contribution < -0.4 is 0 Å². The van der Waals surface area contributed by atoms with E-state index in [2.05, 4.69) is 20.0 Å². The van der Waals surface area contributed by atoms with Crippen LogP contribution in [0.3, 0.4) is 0 Å². The number of hydrogen-bond donors (Lipinski definition) is 0. The van der Waals surface area contributed by atoms with E-state index in [0.717, 1.165) is 42.4 Å². The van der Waals surface area contributed by atoms with E-state index in [1.54, 1.807) is 6.20 Å². The predicted molar refractivity (Wildman–Crippen MR) is 70.4 cm³/mol. The monoisotopic (exact) mass is 258 g/mol. The zero-order valence-corrected chi connectivity index (χ0v) is 11.3. The second-order valence-corrected chi connectivity index (χ2v) is 5.14. The van der Waals surface area contributed by atoms with E-state index in [0.29, 0.717) is 6.04 Å². The molecule has 0 amide bonds. The van der Waals surface area contributed by atoms with Crippen molar-refractivity contribution in [2.45, 2.75) is 39.3 Å². The van der Waals surface area contributed by atoms with Gasteiger partial charge in [-0.1, -0.05) is 5.16 Å². The highest BCUT2D eigenvalue weighted by Crippen LogP contribution is 2.31. The van der Waals surface area contributed by atoms with Crippen molar-refractivity contribution in [3.63, 3.8) is 0 Å². The molecule has 5 nitrogen and oxygen atoms in total. The van der Waals surface area contributed by atoms with Crippen LogP contribution in [0.4, 0.5) is 0 Å². The number of aromatic nitrogens is 3. The molecule has 1 fully saturated rings. The molecule has 19 heavy (non-hydrogen) atoms. The van der Waals surface area contributed by atoms with Crippen LogP contribution >= 0.6 is 0 Å². The zero-order valence-electron chi connectivity index (χ0n) is 11.3. The lowest BCUT2D eigenvalue weighted by molar-refractivity contribution is 0.235. The minimum absolute atomic E-state index is 0.351. The van der Waals surface area contributed by atoms with Crippen molar-refractivity contribution in [1.82, 2.24) is 20.0 Å². The normalized spacial score (nSPS) is 20.0. The lowest BCUT2D eigenvalue weighted by Gasteiger charge is -2.22. The first kappa shape index (κ1) is 12.3. The Labute approximate surface area is 112 Å². The van der Waals surface area contributed by atoms with E-state index in [-0.39, 0.29) is 0 Å². The third kappa shape index (κ3) is 2.66. The molecule has 1 saturated heterocycles. The molecule has 0 saturated carbocycles. The van der Waals surface area contributed by atoms with Gasteiger partial charge in [-0.25, -0.2) is 0 Å². The van der Waals surface area contributed by atoms with Crippen molar-refractivity contribution in [3.05, 3.63) is 41.3 Å². The van der Waals surface area contributed by atoms with Crippen LogP contribution in [0.25, 0.3) is 0 Å². The Balaban J connectivity index is 1.78. The van der Waals surface area contributed by atoms with Crippen molar-refractivity contribution in [3.8, 4) is 0 Å². The fourth-order valence-corrected chi connectivity index (χ4v) is 2.69. The molecule has 2 aromatic heterocycles. The van der Waals surface area contributed by atoms with E-state index in [9.17, 15) is 0 Å². The Morgan fingerprint density at radius 2 is 2.26 bits per heavy atom. The minimum atomic E-state index is 0.351. The third-order valence-corrected chi connectivity index (χ3v) is 3.52. The van der Waals surface area contributed by atoms with Crippen LogP contribution in [-0.2, 0) is 6.54 Å². The Morgan fingerprint density at radius 1 is 1.37 bits per heavy atom. The molecule has 0 radical (unpaired) electrons. The lowest BCUT2D eigenvalue weighted by atomic mass is 10.1. The highest BCUT2D eigenvalue weighted by Gasteiger charge is 2.28. The van der Waals surface area contributed by atoms with Crippen LogP contribution in [0.15, 0.2) is 23.0 Å². The molecule has 3 heterocycles. The molecule has 0 bridgehead atoms. The summed E-state index contributed by atoms with van der Waals surface area (Å²) in [6.07, 6.45) is 6.00. The maximum absolute atomic E-state index is 5.13. The standard InChI is InChI=1S/C14H18N4O/c1-10-7-15-8-13(16-10)14-4-3-5-18(14)9-12-6-11(2)19-17-12/h6-8,14H,3-5,9H2,1-2H3. The number of nitrogens with zero attached hydrogens (tertiary/aromatic N) is 4. The van der Waals surface area contributed by atoms with Gasteiger partial charge in [-0.2, -0.15) is 0 Å². The Hall–Kier alpha value is -1.75. The van der Waals surface area contributed by atoms with E-state index in [1.165, 1.54) is 6.42 Å². The molecule has 1 unspecified atom stereocenters. The molecule has 1 aliphatic heterocycles. The van der Waals surface area contributed by atoms with Crippen LogP contribution in [0.2, 0.25) is 0 Å². The fraction of sp³-hybridized carbons (Fsp3) is 0.500. The van der Waals surface area contributed by atoms with Gasteiger partial charge in [-0.3, -0.25) is 14.9 Å². The van der Waals surface area contributed by atoms with Crippen molar-refractivity contribution in [1.29, 1.82) is 0 Å². The molecule has 0 aromatic carbocycles. The first-order valence-electron chi connectivity index (χ1n) is 6.67. The summed E-state index contributed by atoms with van der Waals surface area (Å²) in [6, 6.07) is 2.35. The van der Waals surface area contributed by atoms with Gasteiger partial charge in [0.15, 0.2) is 0 Å². The molecule has 0 spiro atoms. The van der Waals surface area contributed by atoms with Gasteiger partial charge < -0.3 is 4.52 Å². The maximum Gasteiger partial charge on any atom is 0.133 e. The molecule has 100 valence electrons. The van der Waals surface area contributed by atoms with Crippen molar-refractivity contribution in [2.24, 2.45) is 0 Å². The smallest absolute Gasteiger partial charge is 0.133 e. The summed E-state index contributed by atoms with van der Waals surface area (Å²) in [7, 11) is 0. The maximum atomic E-state index is 5.13. The van der Waals surface area contributed by atoms with Gasteiger partial charge in [0.1, 0.15) is 5.76 Å². The molecule has 5 heteroatoms. The quantitative estimate of drug-likeness (QED) is 0.846. The first-order valence-corrected chi connectivity index (χ1v) is 6.67. The second-order valence-electron chi connectivity index (χ2n) is 5.14. The molecular formula is C14H18N4O. The fourth-order valence-electron chi connectivity index (χ4n) is 2.69. The zero-order chi connectivity index (χ0) is 13.2. The van der Waals surface area contributed by atoms with Crippen molar-refractivity contribution < 1.29 is 4.52 Å². The summed E-state index contributed by atoms with van der Waals surface area (Å²) in [5, 5.41) is 4.07. The summed E-state index contributed by atoms with van der Waals surface area (Å²) < 4.78 is 5.13. The summed E-state index contributed by atoms with van der Waals surface area (Å²) in [6.45, 7) is 5.80. The molecule has 2 aromatic rings. The summed E-state index contributed by atoms with van der Waals surface area (Å²) >= 11 is 0. The van der Waals surface area contributed by atoms with Gasteiger partial charge in [-0.05, 0) is 33.2 Å². The van der Waals surface area contributed by atoms with Crippen LogP contribution in [0, 0.1) is 13.8 Å². The third-order valence-electron chi connectivity index (χ3n) is 3.52. The first-order chi connectivity index (χ1) is 9.22. The molecule has 1 atom stereocenters. The van der Waals surface area contributed by atoms with Gasteiger partial charge >= 0.3 is 0 Å². The van der Waals surface area contributed by atoms with Crippen LogP contribution in [-0.4, -0.2) is 26.6 Å². The molecule has 3 rings (SSSR count).